The highest BCUT2D eigenvalue weighted by molar-refractivity contribution is 6.06. The van der Waals surface area contributed by atoms with Gasteiger partial charge in [0.15, 0.2) is 0 Å². The molecule has 1 saturated heterocycles. The van der Waals surface area contributed by atoms with E-state index in [4.69, 9.17) is 14.9 Å². The van der Waals surface area contributed by atoms with Gasteiger partial charge in [-0.3, -0.25) is 4.79 Å². The van der Waals surface area contributed by atoms with E-state index in [1.165, 1.54) is 0 Å². The lowest BCUT2D eigenvalue weighted by Gasteiger charge is -2.38. The highest BCUT2D eigenvalue weighted by Crippen LogP contribution is 2.26. The van der Waals surface area contributed by atoms with Gasteiger partial charge < -0.3 is 19.8 Å². The Morgan fingerprint density at radius 2 is 2.29 bits per heavy atom. The van der Waals surface area contributed by atoms with Crippen molar-refractivity contribution in [1.29, 1.82) is 0 Å². The van der Waals surface area contributed by atoms with Crippen LogP contribution in [0.25, 0.3) is 11.0 Å². The number of furan rings is 1. The van der Waals surface area contributed by atoms with Crippen LogP contribution in [0.3, 0.4) is 0 Å². The van der Waals surface area contributed by atoms with Crippen molar-refractivity contribution in [2.75, 3.05) is 20.2 Å². The standard InChI is InChI=1S/C16H20N2O3/c1-20-12-6-7-18(11(8-12)9-17)16(19)14-10-21-15-5-3-2-4-13(14)15/h2-5,10-12H,6-9,17H2,1H3/t11-,12-/m0/s1. The van der Waals surface area contributed by atoms with Crippen LogP contribution < -0.4 is 5.73 Å². The summed E-state index contributed by atoms with van der Waals surface area (Å²) >= 11 is 0. The van der Waals surface area contributed by atoms with Gasteiger partial charge in [-0.1, -0.05) is 18.2 Å². The Labute approximate surface area is 123 Å². The van der Waals surface area contributed by atoms with Gasteiger partial charge in [-0.2, -0.15) is 0 Å². The molecule has 1 aliphatic heterocycles. The number of carbonyl (C=O) groups is 1. The summed E-state index contributed by atoms with van der Waals surface area (Å²) < 4.78 is 10.9. The average Bonchev–Trinajstić information content (AvgIpc) is 2.97. The first-order valence-electron chi connectivity index (χ1n) is 7.24. The van der Waals surface area contributed by atoms with Crippen molar-refractivity contribution in [3.63, 3.8) is 0 Å². The molecule has 0 aliphatic carbocycles. The Morgan fingerprint density at radius 1 is 1.48 bits per heavy atom. The third-order valence-electron chi connectivity index (χ3n) is 4.25. The molecule has 0 bridgehead atoms. The zero-order valence-electron chi connectivity index (χ0n) is 12.1. The topological polar surface area (TPSA) is 68.7 Å². The van der Waals surface area contributed by atoms with Crippen LogP contribution in [0, 0.1) is 0 Å². The van der Waals surface area contributed by atoms with Crippen LogP contribution >= 0.6 is 0 Å². The quantitative estimate of drug-likeness (QED) is 0.938. The van der Waals surface area contributed by atoms with Gasteiger partial charge >= 0.3 is 0 Å². The lowest BCUT2D eigenvalue weighted by molar-refractivity contribution is 0.0139. The smallest absolute Gasteiger partial charge is 0.258 e. The molecule has 1 fully saturated rings. The fourth-order valence-corrected chi connectivity index (χ4v) is 3.02. The Morgan fingerprint density at radius 3 is 3.05 bits per heavy atom. The minimum absolute atomic E-state index is 0.00930. The number of fused-ring (bicyclic) bond motifs is 1. The van der Waals surface area contributed by atoms with E-state index in [2.05, 4.69) is 0 Å². The van der Waals surface area contributed by atoms with E-state index < -0.39 is 0 Å². The second kappa shape index (κ2) is 5.87. The van der Waals surface area contributed by atoms with Crippen molar-refractivity contribution in [2.24, 2.45) is 5.73 Å². The summed E-state index contributed by atoms with van der Waals surface area (Å²) in [5, 5.41) is 0.854. The fourth-order valence-electron chi connectivity index (χ4n) is 3.02. The molecule has 1 aromatic carbocycles. The maximum Gasteiger partial charge on any atom is 0.258 e. The van der Waals surface area contributed by atoms with Crippen molar-refractivity contribution in [1.82, 2.24) is 4.90 Å². The molecule has 21 heavy (non-hydrogen) atoms. The number of benzene rings is 1. The summed E-state index contributed by atoms with van der Waals surface area (Å²) in [6, 6.07) is 7.60. The monoisotopic (exact) mass is 288 g/mol. The maximum atomic E-state index is 12.8. The SMILES string of the molecule is CO[C@H]1CCN(C(=O)c2coc3ccccc23)[C@H](CN)C1. The number of nitrogens with two attached hydrogens (primary N) is 1. The molecule has 5 nitrogen and oxygen atoms in total. The van der Waals surface area contributed by atoms with Gasteiger partial charge in [-0.25, -0.2) is 0 Å². The van der Waals surface area contributed by atoms with Crippen molar-refractivity contribution in [2.45, 2.75) is 25.0 Å². The molecule has 0 spiro atoms. The number of ether oxygens (including phenoxy) is 1. The number of rotatable bonds is 3. The number of piperidine rings is 1. The summed E-state index contributed by atoms with van der Waals surface area (Å²) in [6.07, 6.45) is 3.36. The van der Waals surface area contributed by atoms with E-state index >= 15 is 0 Å². The third-order valence-corrected chi connectivity index (χ3v) is 4.25. The molecule has 0 unspecified atom stereocenters. The first kappa shape index (κ1) is 14.1. The molecule has 1 amide bonds. The van der Waals surface area contributed by atoms with Crippen LogP contribution in [-0.4, -0.2) is 43.2 Å². The second-order valence-electron chi connectivity index (χ2n) is 5.42. The van der Waals surface area contributed by atoms with Crippen molar-refractivity contribution in [3.8, 4) is 0 Å². The number of hydrogen-bond donors (Lipinski definition) is 1. The predicted molar refractivity (Wildman–Crippen MR) is 80.1 cm³/mol. The lowest BCUT2D eigenvalue weighted by Crippen LogP contribution is -2.51. The maximum absolute atomic E-state index is 12.8. The average molecular weight is 288 g/mol. The molecular formula is C16H20N2O3. The van der Waals surface area contributed by atoms with Crippen LogP contribution in [0.2, 0.25) is 0 Å². The highest BCUT2D eigenvalue weighted by atomic mass is 16.5. The van der Waals surface area contributed by atoms with E-state index in [1.54, 1.807) is 13.4 Å². The highest BCUT2D eigenvalue weighted by Gasteiger charge is 2.32. The number of hydrogen-bond acceptors (Lipinski definition) is 4. The Bertz CT molecular complexity index is 637. The molecule has 1 aliphatic rings. The normalized spacial score (nSPS) is 22.7. The van der Waals surface area contributed by atoms with Gasteiger partial charge in [-0.05, 0) is 18.9 Å². The summed E-state index contributed by atoms with van der Waals surface area (Å²) in [4.78, 5) is 14.7. The van der Waals surface area contributed by atoms with Gasteiger partial charge in [0.2, 0.25) is 0 Å². The van der Waals surface area contributed by atoms with Gasteiger partial charge in [-0.15, -0.1) is 0 Å². The third kappa shape index (κ3) is 2.54. The van der Waals surface area contributed by atoms with Crippen LogP contribution in [0.1, 0.15) is 23.2 Å². The van der Waals surface area contributed by atoms with E-state index in [-0.39, 0.29) is 18.1 Å². The molecule has 2 heterocycles. The number of amides is 1. The van der Waals surface area contributed by atoms with Gasteiger partial charge in [0.1, 0.15) is 11.8 Å². The van der Waals surface area contributed by atoms with Crippen LogP contribution in [-0.2, 0) is 4.74 Å². The predicted octanol–water partition coefficient (Wildman–Crippen LogP) is 2.01. The molecule has 2 atom stereocenters. The molecule has 112 valence electrons. The van der Waals surface area contributed by atoms with Crippen LogP contribution in [0.4, 0.5) is 0 Å². The second-order valence-corrected chi connectivity index (χ2v) is 5.42. The van der Waals surface area contributed by atoms with Crippen molar-refractivity contribution in [3.05, 3.63) is 36.1 Å². The van der Waals surface area contributed by atoms with E-state index in [0.29, 0.717) is 18.7 Å². The van der Waals surface area contributed by atoms with Gasteiger partial charge in [0, 0.05) is 31.6 Å². The molecule has 1 aromatic heterocycles. The molecular weight excluding hydrogens is 268 g/mol. The van der Waals surface area contributed by atoms with Gasteiger partial charge in [0.05, 0.1) is 11.7 Å². The first-order chi connectivity index (χ1) is 10.2. The Hall–Kier alpha value is -1.85. The first-order valence-corrected chi connectivity index (χ1v) is 7.24. The number of carbonyl (C=O) groups excluding carboxylic acids is 1. The summed E-state index contributed by atoms with van der Waals surface area (Å²) in [7, 11) is 1.71. The molecule has 2 N–H and O–H groups in total. The van der Waals surface area contributed by atoms with Crippen LogP contribution in [0.5, 0.6) is 0 Å². The summed E-state index contributed by atoms with van der Waals surface area (Å²) in [6.45, 7) is 1.11. The van der Waals surface area contributed by atoms with Crippen molar-refractivity contribution < 1.29 is 13.9 Å². The Balaban J connectivity index is 1.87. The van der Waals surface area contributed by atoms with E-state index in [9.17, 15) is 4.79 Å². The minimum atomic E-state index is -0.00930. The molecule has 5 heteroatoms. The van der Waals surface area contributed by atoms with E-state index in [0.717, 1.165) is 23.8 Å². The number of likely N-dealkylation sites (tertiary alicyclic amines) is 1. The lowest BCUT2D eigenvalue weighted by atomic mass is 9.98. The zero-order chi connectivity index (χ0) is 14.8. The van der Waals surface area contributed by atoms with E-state index in [1.807, 2.05) is 29.2 Å². The minimum Gasteiger partial charge on any atom is -0.463 e. The summed E-state index contributed by atoms with van der Waals surface area (Å²) in [5.41, 5.74) is 7.19. The largest absolute Gasteiger partial charge is 0.463 e. The number of para-hydroxylation sites is 1. The Kier molecular flexibility index (Phi) is 3.94. The molecule has 2 aromatic rings. The zero-order valence-corrected chi connectivity index (χ0v) is 12.1. The molecule has 3 rings (SSSR count). The number of nitrogens with zero attached hydrogens (tertiary/aromatic N) is 1. The fraction of sp³-hybridized carbons (Fsp3) is 0.438. The van der Waals surface area contributed by atoms with Gasteiger partial charge in [0.25, 0.3) is 5.91 Å². The number of methoxy groups -OCH3 is 1. The van der Waals surface area contributed by atoms with Crippen LogP contribution in [0.15, 0.2) is 34.9 Å². The molecule has 0 saturated carbocycles. The molecule has 0 radical (unpaired) electrons. The van der Waals surface area contributed by atoms with Crippen molar-refractivity contribution >= 4 is 16.9 Å². The summed E-state index contributed by atoms with van der Waals surface area (Å²) in [5.74, 6) is -0.00930.